The quantitative estimate of drug-likeness (QED) is 0.186. The molecule has 0 aromatic heterocycles. The van der Waals surface area contributed by atoms with Crippen molar-refractivity contribution >= 4 is 28.3 Å². The maximum absolute atomic E-state index is 14.6. The van der Waals surface area contributed by atoms with Crippen LogP contribution in [0.3, 0.4) is 0 Å². The minimum atomic E-state index is -0.313. The number of benzene rings is 5. The van der Waals surface area contributed by atoms with Crippen LogP contribution in [0.1, 0.15) is 30.0 Å². The number of aryl methyl sites for hydroxylation is 3. The van der Waals surface area contributed by atoms with Crippen LogP contribution in [0.4, 0.5) is 10.1 Å². The molecule has 3 nitrogen and oxygen atoms in total. The second-order valence-electron chi connectivity index (χ2n) is 10.5. The number of amides is 2. The molecule has 0 bridgehead atoms. The Balaban J connectivity index is 1.10. The van der Waals surface area contributed by atoms with Crippen LogP contribution in [0.2, 0.25) is 0 Å². The van der Waals surface area contributed by atoms with E-state index in [1.54, 1.807) is 6.07 Å². The van der Waals surface area contributed by atoms with Gasteiger partial charge in [0.1, 0.15) is 5.82 Å². The van der Waals surface area contributed by atoms with Gasteiger partial charge in [-0.05, 0) is 87.7 Å². The molecule has 1 aliphatic rings. The maximum Gasteiger partial charge on any atom is 0.258 e. The average Bonchev–Trinajstić information content (AvgIpc) is 3.34. The first-order valence-corrected chi connectivity index (χ1v) is 14.1. The number of carbonyl (C=O) groups is 2. The molecule has 0 N–H and O–H groups in total. The van der Waals surface area contributed by atoms with E-state index in [-0.39, 0.29) is 17.6 Å². The van der Waals surface area contributed by atoms with E-state index in [2.05, 4.69) is 55.5 Å². The summed E-state index contributed by atoms with van der Waals surface area (Å²) in [5.74, 6) is -0.787. The lowest BCUT2D eigenvalue weighted by atomic mass is 9.97. The number of nitrogens with zero attached hydrogens (tertiary/aromatic N) is 1. The standard InChI is InChI=1S/C37H30FNO2/c1-2-3-27-10-19-34(35(38)22-27)29-13-8-26(9-14-29)5-4-25-6-11-28(12-7-25)30-15-16-32-24-33(18-17-31(32)23-30)39-36(40)20-21-37(39)41/h6-24H,2-5H2,1H3. The van der Waals surface area contributed by atoms with Crippen LogP contribution >= 0.6 is 0 Å². The molecular formula is C37H30FNO2. The number of hydrogen-bond acceptors (Lipinski definition) is 2. The largest absolute Gasteiger partial charge is 0.269 e. The van der Waals surface area contributed by atoms with Gasteiger partial charge in [-0.3, -0.25) is 9.59 Å². The lowest BCUT2D eigenvalue weighted by Crippen LogP contribution is -2.29. The molecule has 0 spiro atoms. The van der Waals surface area contributed by atoms with E-state index in [9.17, 15) is 14.0 Å². The Morgan fingerprint density at radius 2 is 1.12 bits per heavy atom. The van der Waals surface area contributed by atoms with Crippen LogP contribution in [-0.4, -0.2) is 11.8 Å². The van der Waals surface area contributed by atoms with Crippen molar-refractivity contribution in [3.63, 3.8) is 0 Å². The Morgan fingerprint density at radius 1 is 0.561 bits per heavy atom. The van der Waals surface area contributed by atoms with Crippen molar-refractivity contribution in [1.29, 1.82) is 0 Å². The average molecular weight is 540 g/mol. The molecule has 4 heteroatoms. The van der Waals surface area contributed by atoms with Gasteiger partial charge in [-0.2, -0.15) is 0 Å². The SMILES string of the molecule is CCCc1ccc(-c2ccc(CCc3ccc(-c4ccc5cc(N6C(=O)C=CC6=O)ccc5c4)cc3)cc2)c(F)c1. The Kier molecular flexibility index (Phi) is 7.30. The van der Waals surface area contributed by atoms with Crippen molar-refractivity contribution in [1.82, 2.24) is 0 Å². The van der Waals surface area contributed by atoms with Gasteiger partial charge in [0.15, 0.2) is 0 Å². The van der Waals surface area contributed by atoms with Gasteiger partial charge in [-0.25, -0.2) is 9.29 Å². The summed E-state index contributed by atoms with van der Waals surface area (Å²) < 4.78 is 14.6. The zero-order valence-electron chi connectivity index (χ0n) is 22.9. The number of halogens is 1. The highest BCUT2D eigenvalue weighted by Gasteiger charge is 2.25. The van der Waals surface area contributed by atoms with E-state index in [1.807, 2.05) is 48.5 Å². The van der Waals surface area contributed by atoms with E-state index >= 15 is 0 Å². The summed E-state index contributed by atoms with van der Waals surface area (Å²) >= 11 is 0. The molecule has 5 aromatic carbocycles. The molecule has 2 amide bonds. The fourth-order valence-electron chi connectivity index (χ4n) is 5.45. The van der Waals surface area contributed by atoms with Crippen LogP contribution in [0.5, 0.6) is 0 Å². The summed E-state index contributed by atoms with van der Waals surface area (Å²) in [6.45, 7) is 2.10. The van der Waals surface area contributed by atoms with Gasteiger partial charge in [0.2, 0.25) is 0 Å². The van der Waals surface area contributed by atoms with Crippen molar-refractivity contribution in [2.24, 2.45) is 0 Å². The first-order valence-electron chi connectivity index (χ1n) is 14.1. The Morgan fingerprint density at radius 3 is 1.76 bits per heavy atom. The molecule has 0 aliphatic carbocycles. The summed E-state index contributed by atoms with van der Waals surface area (Å²) in [6.07, 6.45) is 6.33. The van der Waals surface area contributed by atoms with Gasteiger partial charge in [-0.15, -0.1) is 0 Å². The smallest absolute Gasteiger partial charge is 0.258 e. The monoisotopic (exact) mass is 539 g/mol. The highest BCUT2D eigenvalue weighted by atomic mass is 19.1. The fraction of sp³-hybridized carbons (Fsp3) is 0.135. The molecular weight excluding hydrogens is 509 g/mol. The van der Waals surface area contributed by atoms with Crippen molar-refractivity contribution in [3.05, 3.63) is 138 Å². The second kappa shape index (κ2) is 11.3. The molecule has 0 saturated heterocycles. The van der Waals surface area contributed by atoms with Crippen LogP contribution in [0.25, 0.3) is 33.0 Å². The van der Waals surface area contributed by atoms with E-state index in [1.165, 1.54) is 28.2 Å². The van der Waals surface area contributed by atoms with E-state index in [0.29, 0.717) is 11.3 Å². The lowest BCUT2D eigenvalue weighted by molar-refractivity contribution is -0.119. The minimum Gasteiger partial charge on any atom is -0.269 e. The molecule has 202 valence electrons. The first-order chi connectivity index (χ1) is 20.0. The number of imide groups is 1. The Labute approximate surface area is 239 Å². The van der Waals surface area contributed by atoms with E-state index in [0.717, 1.165) is 58.7 Å². The summed E-state index contributed by atoms with van der Waals surface area (Å²) in [5, 5.41) is 2.01. The van der Waals surface area contributed by atoms with Gasteiger partial charge in [0.05, 0.1) is 5.69 Å². The number of anilines is 1. The molecule has 1 heterocycles. The third-order valence-corrected chi connectivity index (χ3v) is 7.72. The van der Waals surface area contributed by atoms with Gasteiger partial charge >= 0.3 is 0 Å². The van der Waals surface area contributed by atoms with Crippen molar-refractivity contribution in [2.75, 3.05) is 4.90 Å². The van der Waals surface area contributed by atoms with Crippen LogP contribution in [-0.2, 0) is 28.9 Å². The van der Waals surface area contributed by atoms with Crippen LogP contribution in [0, 0.1) is 5.82 Å². The van der Waals surface area contributed by atoms with Crippen LogP contribution < -0.4 is 4.90 Å². The first kappa shape index (κ1) is 26.4. The number of hydrogen-bond donors (Lipinski definition) is 0. The molecule has 0 unspecified atom stereocenters. The zero-order valence-corrected chi connectivity index (χ0v) is 22.9. The molecule has 0 fully saturated rings. The van der Waals surface area contributed by atoms with Crippen molar-refractivity contribution in [2.45, 2.75) is 32.6 Å². The number of rotatable bonds is 8. The third-order valence-electron chi connectivity index (χ3n) is 7.72. The minimum absolute atomic E-state index is 0.160. The molecule has 6 rings (SSSR count). The normalized spacial score (nSPS) is 13.0. The molecule has 0 radical (unpaired) electrons. The van der Waals surface area contributed by atoms with Crippen molar-refractivity contribution < 1.29 is 14.0 Å². The number of carbonyl (C=O) groups excluding carboxylic acids is 2. The van der Waals surface area contributed by atoms with Gasteiger partial charge in [0, 0.05) is 17.7 Å². The van der Waals surface area contributed by atoms with Crippen LogP contribution in [0.15, 0.2) is 115 Å². The lowest BCUT2D eigenvalue weighted by Gasteiger charge is -2.15. The summed E-state index contributed by atoms with van der Waals surface area (Å²) in [4.78, 5) is 25.2. The molecule has 41 heavy (non-hydrogen) atoms. The highest BCUT2D eigenvalue weighted by molar-refractivity contribution is 6.28. The Hall–Kier alpha value is -4.83. The topological polar surface area (TPSA) is 37.4 Å². The third kappa shape index (κ3) is 5.59. The highest BCUT2D eigenvalue weighted by Crippen LogP contribution is 2.29. The second-order valence-corrected chi connectivity index (χ2v) is 10.5. The summed E-state index contributed by atoms with van der Waals surface area (Å²) in [7, 11) is 0. The molecule has 5 aromatic rings. The Bertz CT molecular complexity index is 1770. The van der Waals surface area contributed by atoms with E-state index < -0.39 is 0 Å². The predicted octanol–water partition coefficient (Wildman–Crippen LogP) is 8.48. The van der Waals surface area contributed by atoms with Gasteiger partial charge in [-0.1, -0.05) is 92.2 Å². The predicted molar refractivity (Wildman–Crippen MR) is 164 cm³/mol. The van der Waals surface area contributed by atoms with Crippen molar-refractivity contribution in [3.8, 4) is 22.3 Å². The summed E-state index contributed by atoms with van der Waals surface area (Å²) in [6, 6.07) is 34.2. The van der Waals surface area contributed by atoms with E-state index in [4.69, 9.17) is 0 Å². The number of fused-ring (bicyclic) bond motifs is 1. The molecule has 0 atom stereocenters. The maximum atomic E-state index is 14.6. The van der Waals surface area contributed by atoms with Gasteiger partial charge < -0.3 is 0 Å². The summed E-state index contributed by atoms with van der Waals surface area (Å²) in [5.41, 5.74) is 7.90. The van der Waals surface area contributed by atoms with Gasteiger partial charge in [0.25, 0.3) is 11.8 Å². The zero-order chi connectivity index (χ0) is 28.3. The molecule has 0 saturated carbocycles. The fourth-order valence-corrected chi connectivity index (χ4v) is 5.45. The molecule has 1 aliphatic heterocycles.